The van der Waals surface area contributed by atoms with E-state index in [0.717, 1.165) is 0 Å². The molecule has 0 saturated carbocycles. The highest BCUT2D eigenvalue weighted by atomic mass is 35.5. The number of hydrogen-bond acceptors (Lipinski definition) is 3. The first kappa shape index (κ1) is 15.5. The van der Waals surface area contributed by atoms with E-state index in [9.17, 15) is 0 Å². The standard InChI is InChI=1S/C11H14Cl2N2O2S/c1-16-9(17-2)6-14-11(18)15-8-5-3-4-7(12)10(8)13/h3-5,9H,6H2,1-2H3,(H2,14,15,18). The third-order valence-corrected chi connectivity index (χ3v) is 3.22. The lowest BCUT2D eigenvalue weighted by Gasteiger charge is -2.16. The van der Waals surface area contributed by atoms with Crippen molar-refractivity contribution in [2.24, 2.45) is 0 Å². The Hall–Kier alpha value is -0.590. The topological polar surface area (TPSA) is 42.5 Å². The first-order valence-electron chi connectivity index (χ1n) is 5.13. The lowest BCUT2D eigenvalue weighted by Crippen LogP contribution is -2.36. The summed E-state index contributed by atoms with van der Waals surface area (Å²) in [7, 11) is 3.11. The van der Waals surface area contributed by atoms with Crippen molar-refractivity contribution >= 4 is 46.2 Å². The predicted molar refractivity (Wildman–Crippen MR) is 78.5 cm³/mol. The van der Waals surface area contributed by atoms with Crippen molar-refractivity contribution in [2.75, 3.05) is 26.1 Å². The van der Waals surface area contributed by atoms with Crippen LogP contribution in [0.5, 0.6) is 0 Å². The molecule has 1 aromatic carbocycles. The van der Waals surface area contributed by atoms with Gasteiger partial charge in [-0.15, -0.1) is 0 Å². The monoisotopic (exact) mass is 308 g/mol. The van der Waals surface area contributed by atoms with E-state index in [1.54, 1.807) is 32.4 Å². The normalized spacial score (nSPS) is 10.5. The molecule has 0 amide bonds. The van der Waals surface area contributed by atoms with Crippen LogP contribution in [0.2, 0.25) is 10.0 Å². The zero-order chi connectivity index (χ0) is 13.5. The summed E-state index contributed by atoms with van der Waals surface area (Å²) >= 11 is 17.0. The van der Waals surface area contributed by atoms with E-state index < -0.39 is 0 Å². The summed E-state index contributed by atoms with van der Waals surface area (Å²) in [6.45, 7) is 0.428. The summed E-state index contributed by atoms with van der Waals surface area (Å²) in [5, 5.41) is 7.21. The number of anilines is 1. The first-order chi connectivity index (χ1) is 8.58. The maximum absolute atomic E-state index is 6.02. The maximum Gasteiger partial charge on any atom is 0.174 e. The van der Waals surface area contributed by atoms with Crippen molar-refractivity contribution in [2.45, 2.75) is 6.29 Å². The van der Waals surface area contributed by atoms with Gasteiger partial charge in [-0.2, -0.15) is 0 Å². The summed E-state index contributed by atoms with van der Waals surface area (Å²) in [5.74, 6) is 0. The van der Waals surface area contributed by atoms with Crippen molar-refractivity contribution < 1.29 is 9.47 Å². The Kier molecular flexibility index (Phi) is 6.67. The van der Waals surface area contributed by atoms with Crippen LogP contribution >= 0.6 is 35.4 Å². The number of benzene rings is 1. The van der Waals surface area contributed by atoms with E-state index >= 15 is 0 Å². The molecule has 2 N–H and O–H groups in total. The Labute approximate surface area is 122 Å². The molecule has 0 atom stereocenters. The fourth-order valence-corrected chi connectivity index (χ4v) is 1.75. The highest BCUT2D eigenvalue weighted by Crippen LogP contribution is 2.29. The highest BCUT2D eigenvalue weighted by Gasteiger charge is 2.08. The molecule has 100 valence electrons. The molecule has 0 fully saturated rings. The van der Waals surface area contributed by atoms with Crippen molar-refractivity contribution in [3.05, 3.63) is 28.2 Å². The Morgan fingerprint density at radius 2 is 2.00 bits per heavy atom. The molecule has 0 unspecified atom stereocenters. The highest BCUT2D eigenvalue weighted by molar-refractivity contribution is 7.80. The summed E-state index contributed by atoms with van der Waals surface area (Å²) in [5.41, 5.74) is 0.646. The molecule has 7 heteroatoms. The number of halogens is 2. The zero-order valence-corrected chi connectivity index (χ0v) is 12.3. The van der Waals surface area contributed by atoms with Gasteiger partial charge in [0.05, 0.1) is 22.3 Å². The Bertz CT molecular complexity index is 414. The fourth-order valence-electron chi connectivity index (χ4n) is 1.21. The molecule has 0 aliphatic rings. The molecule has 0 heterocycles. The summed E-state index contributed by atoms with van der Waals surface area (Å²) in [6, 6.07) is 5.27. The van der Waals surface area contributed by atoms with Gasteiger partial charge in [0.1, 0.15) is 0 Å². The van der Waals surface area contributed by atoms with Gasteiger partial charge >= 0.3 is 0 Å². The molecule has 0 aliphatic carbocycles. The quantitative estimate of drug-likeness (QED) is 0.647. The molecule has 0 aromatic heterocycles. The van der Waals surface area contributed by atoms with Gasteiger partial charge in [-0.25, -0.2) is 0 Å². The van der Waals surface area contributed by atoms with Gasteiger partial charge in [-0.3, -0.25) is 0 Å². The van der Waals surface area contributed by atoms with Crippen LogP contribution in [0.4, 0.5) is 5.69 Å². The van der Waals surface area contributed by atoms with Crippen LogP contribution in [-0.2, 0) is 9.47 Å². The summed E-state index contributed by atoms with van der Waals surface area (Å²) in [4.78, 5) is 0. The second kappa shape index (κ2) is 7.76. The third kappa shape index (κ3) is 4.59. The van der Waals surface area contributed by atoms with Gasteiger partial charge in [0.2, 0.25) is 0 Å². The predicted octanol–water partition coefficient (Wildman–Crippen LogP) is 2.90. The molecule has 0 bridgehead atoms. The van der Waals surface area contributed by atoms with Crippen LogP contribution in [0.3, 0.4) is 0 Å². The SMILES string of the molecule is COC(CNC(=S)Nc1cccc(Cl)c1Cl)OC. The molecule has 4 nitrogen and oxygen atoms in total. The molecular formula is C11H14Cl2N2O2S. The fraction of sp³-hybridized carbons (Fsp3) is 0.364. The Balaban J connectivity index is 2.52. The van der Waals surface area contributed by atoms with Crippen molar-refractivity contribution in [3.63, 3.8) is 0 Å². The molecule has 1 rings (SSSR count). The lowest BCUT2D eigenvalue weighted by atomic mass is 10.3. The molecular weight excluding hydrogens is 295 g/mol. The van der Waals surface area contributed by atoms with Gasteiger partial charge in [-0.1, -0.05) is 29.3 Å². The van der Waals surface area contributed by atoms with Crippen molar-refractivity contribution in [3.8, 4) is 0 Å². The summed E-state index contributed by atoms with van der Waals surface area (Å²) < 4.78 is 10.0. The molecule has 0 radical (unpaired) electrons. The maximum atomic E-state index is 6.02. The second-order valence-corrected chi connectivity index (χ2v) is 4.53. The van der Waals surface area contributed by atoms with E-state index in [1.165, 1.54) is 0 Å². The van der Waals surface area contributed by atoms with Crippen molar-refractivity contribution in [1.29, 1.82) is 0 Å². The minimum absolute atomic E-state index is 0.361. The largest absolute Gasteiger partial charge is 0.357 e. The van der Waals surface area contributed by atoms with Crippen molar-refractivity contribution in [1.82, 2.24) is 5.32 Å². The van der Waals surface area contributed by atoms with Crippen LogP contribution in [-0.4, -0.2) is 32.2 Å². The second-order valence-electron chi connectivity index (χ2n) is 3.34. The number of thiocarbonyl (C=S) groups is 1. The zero-order valence-electron chi connectivity index (χ0n) is 10.00. The van der Waals surface area contributed by atoms with E-state index in [0.29, 0.717) is 27.4 Å². The Morgan fingerprint density at radius 3 is 2.61 bits per heavy atom. The lowest BCUT2D eigenvalue weighted by molar-refractivity contribution is -0.0964. The Morgan fingerprint density at radius 1 is 1.33 bits per heavy atom. The molecule has 18 heavy (non-hydrogen) atoms. The van der Waals surface area contributed by atoms with Crippen LogP contribution in [0.25, 0.3) is 0 Å². The minimum atomic E-state index is -0.361. The molecule has 0 saturated heterocycles. The number of rotatable bonds is 5. The number of hydrogen-bond donors (Lipinski definition) is 2. The van der Waals surface area contributed by atoms with Crippen LogP contribution in [0.15, 0.2) is 18.2 Å². The van der Waals surface area contributed by atoms with E-state index in [-0.39, 0.29) is 6.29 Å². The van der Waals surface area contributed by atoms with Gasteiger partial charge in [0.15, 0.2) is 11.4 Å². The first-order valence-corrected chi connectivity index (χ1v) is 6.29. The average molecular weight is 309 g/mol. The average Bonchev–Trinajstić information content (AvgIpc) is 2.36. The number of ether oxygens (including phenoxy) is 2. The van der Waals surface area contributed by atoms with Crippen LogP contribution < -0.4 is 10.6 Å². The van der Waals surface area contributed by atoms with Gasteiger partial charge in [0.25, 0.3) is 0 Å². The van der Waals surface area contributed by atoms with Gasteiger partial charge in [0, 0.05) is 14.2 Å². The van der Waals surface area contributed by atoms with Crippen LogP contribution in [0.1, 0.15) is 0 Å². The minimum Gasteiger partial charge on any atom is -0.357 e. The molecule has 0 aliphatic heterocycles. The van der Waals surface area contributed by atoms with E-state index in [1.807, 2.05) is 0 Å². The molecule has 0 spiro atoms. The summed E-state index contributed by atoms with van der Waals surface area (Å²) in [6.07, 6.45) is -0.361. The van der Waals surface area contributed by atoms with E-state index in [2.05, 4.69) is 10.6 Å². The van der Waals surface area contributed by atoms with Gasteiger partial charge in [-0.05, 0) is 24.4 Å². The third-order valence-electron chi connectivity index (χ3n) is 2.15. The smallest absolute Gasteiger partial charge is 0.174 e. The molecule has 1 aromatic rings. The van der Waals surface area contributed by atoms with E-state index in [4.69, 9.17) is 44.9 Å². The number of nitrogens with one attached hydrogen (secondary N) is 2. The van der Waals surface area contributed by atoms with Gasteiger partial charge < -0.3 is 20.1 Å². The number of methoxy groups -OCH3 is 2. The van der Waals surface area contributed by atoms with Crippen LogP contribution in [0, 0.1) is 0 Å².